The number of nitrogens with zero attached hydrogens (tertiary/aromatic N) is 3. The summed E-state index contributed by atoms with van der Waals surface area (Å²) in [5.74, 6) is 0.688. The molecule has 6 heteroatoms. The Balaban J connectivity index is 2.29. The molecule has 0 aliphatic carbocycles. The number of anilines is 1. The molecule has 0 unspecified atom stereocenters. The molecular formula is C27H46N4O2. The van der Waals surface area contributed by atoms with E-state index in [0.29, 0.717) is 18.0 Å². The van der Waals surface area contributed by atoms with Crippen LogP contribution in [0, 0.1) is 5.92 Å². The summed E-state index contributed by atoms with van der Waals surface area (Å²) in [6.07, 6.45) is 7.91. The van der Waals surface area contributed by atoms with Gasteiger partial charge in [-0.3, -0.25) is 14.5 Å². The van der Waals surface area contributed by atoms with Crippen LogP contribution in [0.15, 0.2) is 18.2 Å². The van der Waals surface area contributed by atoms with E-state index in [0.717, 1.165) is 69.7 Å². The molecule has 0 atom stereocenters. The van der Waals surface area contributed by atoms with Crippen LogP contribution < -0.4 is 10.2 Å². The second kappa shape index (κ2) is 14.4. The first kappa shape index (κ1) is 27.3. The van der Waals surface area contributed by atoms with Crippen LogP contribution in [0.1, 0.15) is 81.6 Å². The van der Waals surface area contributed by atoms with E-state index in [1.807, 2.05) is 37.2 Å². The Morgan fingerprint density at radius 1 is 1.06 bits per heavy atom. The van der Waals surface area contributed by atoms with E-state index in [4.69, 9.17) is 0 Å². The van der Waals surface area contributed by atoms with Crippen LogP contribution >= 0.6 is 0 Å². The van der Waals surface area contributed by atoms with E-state index in [-0.39, 0.29) is 11.8 Å². The Labute approximate surface area is 201 Å². The van der Waals surface area contributed by atoms with Gasteiger partial charge in [0.15, 0.2) is 0 Å². The Hall–Kier alpha value is -1.92. The zero-order valence-corrected chi connectivity index (χ0v) is 21.7. The lowest BCUT2D eigenvalue weighted by Crippen LogP contribution is -2.33. The van der Waals surface area contributed by atoms with E-state index in [1.54, 1.807) is 6.92 Å². The van der Waals surface area contributed by atoms with Crippen LogP contribution in [0.5, 0.6) is 0 Å². The van der Waals surface area contributed by atoms with E-state index in [2.05, 4.69) is 29.0 Å². The quantitative estimate of drug-likeness (QED) is 0.582. The van der Waals surface area contributed by atoms with Crippen molar-refractivity contribution in [3.63, 3.8) is 0 Å². The molecule has 0 fully saturated rings. The molecule has 0 radical (unpaired) electrons. The number of nitrogens with one attached hydrogen (secondary N) is 1. The number of rotatable bonds is 8. The molecule has 33 heavy (non-hydrogen) atoms. The van der Waals surface area contributed by atoms with Crippen LogP contribution in [0.2, 0.25) is 0 Å². The van der Waals surface area contributed by atoms with Gasteiger partial charge in [-0.05, 0) is 89.1 Å². The molecule has 0 bridgehead atoms. The van der Waals surface area contributed by atoms with Crippen LogP contribution in [0.25, 0.3) is 0 Å². The molecule has 1 aliphatic heterocycles. The lowest BCUT2D eigenvalue weighted by molar-refractivity contribution is -0.116. The highest BCUT2D eigenvalue weighted by atomic mass is 16.2. The molecule has 1 aromatic carbocycles. The monoisotopic (exact) mass is 458 g/mol. The molecule has 1 heterocycles. The molecule has 1 aliphatic rings. The van der Waals surface area contributed by atoms with Gasteiger partial charge < -0.3 is 15.1 Å². The predicted molar refractivity (Wildman–Crippen MR) is 138 cm³/mol. The maximum absolute atomic E-state index is 12.8. The van der Waals surface area contributed by atoms with Gasteiger partial charge in [0.25, 0.3) is 5.91 Å². The number of benzene rings is 1. The number of amides is 2. The third kappa shape index (κ3) is 9.85. The van der Waals surface area contributed by atoms with E-state index in [1.165, 1.54) is 19.3 Å². The van der Waals surface area contributed by atoms with Crippen LogP contribution in [-0.4, -0.2) is 68.4 Å². The summed E-state index contributed by atoms with van der Waals surface area (Å²) in [5, 5.41) is 3.06. The SMILES string of the molecule is CC(=O)N1CCCCCCCN(CCC(C)C)Cc2cc(C(=O)NCCCN(C)C)ccc21. The summed E-state index contributed by atoms with van der Waals surface area (Å²) in [6, 6.07) is 5.87. The summed E-state index contributed by atoms with van der Waals surface area (Å²) in [6.45, 7) is 11.4. The Morgan fingerprint density at radius 3 is 2.42 bits per heavy atom. The van der Waals surface area contributed by atoms with Crippen molar-refractivity contribution >= 4 is 17.5 Å². The highest BCUT2D eigenvalue weighted by Crippen LogP contribution is 2.26. The third-order valence-corrected chi connectivity index (χ3v) is 6.35. The normalized spacial score (nSPS) is 16.3. The van der Waals surface area contributed by atoms with Gasteiger partial charge in [-0.25, -0.2) is 0 Å². The van der Waals surface area contributed by atoms with Crippen molar-refractivity contribution in [2.24, 2.45) is 5.92 Å². The Kier molecular flexibility index (Phi) is 11.9. The average molecular weight is 459 g/mol. The minimum absolute atomic E-state index is 0.0363. The number of carbonyl (C=O) groups excluding carboxylic acids is 2. The standard InChI is InChI=1S/C27H46N4O2/c1-22(2)14-19-30-17-9-7-6-8-10-18-31(23(3)32)26-13-12-24(20-25(26)21-30)27(33)28-15-11-16-29(4)5/h12-13,20,22H,6-11,14-19,21H2,1-5H3,(H,28,33). The lowest BCUT2D eigenvalue weighted by atomic mass is 10.0. The second-order valence-corrected chi connectivity index (χ2v) is 10.2. The summed E-state index contributed by atoms with van der Waals surface area (Å²) < 4.78 is 0. The van der Waals surface area contributed by atoms with Crippen molar-refractivity contribution in [3.05, 3.63) is 29.3 Å². The minimum atomic E-state index is -0.0363. The molecule has 0 saturated carbocycles. The largest absolute Gasteiger partial charge is 0.352 e. The van der Waals surface area contributed by atoms with E-state index in [9.17, 15) is 9.59 Å². The Bertz CT molecular complexity index is 748. The van der Waals surface area contributed by atoms with Gasteiger partial charge in [0.1, 0.15) is 0 Å². The smallest absolute Gasteiger partial charge is 0.251 e. The topological polar surface area (TPSA) is 55.9 Å². The van der Waals surface area contributed by atoms with Crippen LogP contribution in [-0.2, 0) is 11.3 Å². The van der Waals surface area contributed by atoms with Crippen molar-refractivity contribution in [1.29, 1.82) is 0 Å². The van der Waals surface area contributed by atoms with Crippen molar-refractivity contribution in [2.45, 2.75) is 72.3 Å². The third-order valence-electron chi connectivity index (χ3n) is 6.35. The summed E-state index contributed by atoms with van der Waals surface area (Å²) in [7, 11) is 4.08. The summed E-state index contributed by atoms with van der Waals surface area (Å²) in [4.78, 5) is 31.9. The van der Waals surface area contributed by atoms with Gasteiger partial charge >= 0.3 is 0 Å². The molecule has 6 nitrogen and oxygen atoms in total. The molecular weight excluding hydrogens is 412 g/mol. The van der Waals surface area contributed by atoms with Crippen molar-refractivity contribution < 1.29 is 9.59 Å². The van der Waals surface area contributed by atoms with Crippen molar-refractivity contribution in [3.8, 4) is 0 Å². The predicted octanol–water partition coefficient (Wildman–Crippen LogP) is 4.53. The van der Waals surface area contributed by atoms with Gasteiger partial charge in [-0.1, -0.05) is 33.1 Å². The summed E-state index contributed by atoms with van der Waals surface area (Å²) in [5.41, 5.74) is 2.72. The minimum Gasteiger partial charge on any atom is -0.352 e. The first-order valence-corrected chi connectivity index (χ1v) is 12.8. The summed E-state index contributed by atoms with van der Waals surface area (Å²) >= 11 is 0. The lowest BCUT2D eigenvalue weighted by Gasteiger charge is -2.29. The van der Waals surface area contributed by atoms with Gasteiger partial charge in [0.05, 0.1) is 0 Å². The van der Waals surface area contributed by atoms with Gasteiger partial charge in [-0.2, -0.15) is 0 Å². The number of hydrogen-bond donors (Lipinski definition) is 1. The first-order chi connectivity index (χ1) is 15.8. The zero-order valence-electron chi connectivity index (χ0n) is 21.7. The number of hydrogen-bond acceptors (Lipinski definition) is 4. The molecule has 2 amide bonds. The molecule has 1 aromatic rings. The maximum Gasteiger partial charge on any atom is 0.251 e. The number of fused-ring (bicyclic) bond motifs is 1. The fourth-order valence-electron chi connectivity index (χ4n) is 4.35. The fourth-order valence-corrected chi connectivity index (χ4v) is 4.35. The molecule has 0 spiro atoms. The van der Waals surface area contributed by atoms with Gasteiger partial charge in [-0.15, -0.1) is 0 Å². The highest BCUT2D eigenvalue weighted by molar-refractivity contribution is 5.97. The number of carbonyl (C=O) groups is 2. The highest BCUT2D eigenvalue weighted by Gasteiger charge is 2.20. The first-order valence-electron chi connectivity index (χ1n) is 12.8. The van der Waals surface area contributed by atoms with Crippen LogP contribution in [0.3, 0.4) is 0 Å². The van der Waals surface area contributed by atoms with Gasteiger partial charge in [0, 0.05) is 37.8 Å². The van der Waals surface area contributed by atoms with Gasteiger partial charge in [0.2, 0.25) is 5.91 Å². The molecule has 0 saturated heterocycles. The van der Waals surface area contributed by atoms with E-state index < -0.39 is 0 Å². The molecule has 2 rings (SSSR count). The average Bonchev–Trinajstić information content (AvgIpc) is 2.75. The zero-order chi connectivity index (χ0) is 24.2. The van der Waals surface area contributed by atoms with Crippen LogP contribution in [0.4, 0.5) is 5.69 Å². The second-order valence-electron chi connectivity index (χ2n) is 10.2. The Morgan fingerprint density at radius 2 is 1.76 bits per heavy atom. The molecule has 0 aromatic heterocycles. The van der Waals surface area contributed by atoms with Crippen molar-refractivity contribution in [2.75, 3.05) is 51.7 Å². The van der Waals surface area contributed by atoms with Crippen molar-refractivity contribution in [1.82, 2.24) is 15.1 Å². The molecule has 186 valence electrons. The maximum atomic E-state index is 12.8. The van der Waals surface area contributed by atoms with E-state index >= 15 is 0 Å². The molecule has 1 N–H and O–H groups in total. The fraction of sp³-hybridized carbons (Fsp3) is 0.704.